The number of carbonyl (C=O) groups is 1. The van der Waals surface area contributed by atoms with E-state index >= 15 is 0 Å². The van der Waals surface area contributed by atoms with Crippen LogP contribution in [0.4, 0.5) is 0 Å². The number of thiazole rings is 1. The van der Waals surface area contributed by atoms with Gasteiger partial charge in [-0.15, -0.1) is 11.3 Å². The first-order valence-electron chi connectivity index (χ1n) is 5.27. The third-order valence-corrected chi connectivity index (χ3v) is 3.34. The molecule has 2 rings (SSSR count). The van der Waals surface area contributed by atoms with Crippen LogP contribution >= 0.6 is 11.3 Å². The number of ether oxygens (including phenoxy) is 1. The predicted octanol–water partition coefficient (Wildman–Crippen LogP) is 3.10. The van der Waals surface area contributed by atoms with Crippen molar-refractivity contribution in [2.24, 2.45) is 0 Å². The van der Waals surface area contributed by atoms with Crippen LogP contribution in [0.25, 0.3) is 10.6 Å². The molecule has 0 aliphatic carbocycles. The molecule has 0 saturated heterocycles. The van der Waals surface area contributed by atoms with Gasteiger partial charge in [0.05, 0.1) is 4.88 Å². The van der Waals surface area contributed by atoms with Gasteiger partial charge in [0.25, 0.3) is 6.47 Å². The van der Waals surface area contributed by atoms with Crippen LogP contribution in [0.15, 0.2) is 24.4 Å². The Kier molecular flexibility index (Phi) is 3.54. The monoisotopic (exact) mass is 247 g/mol. The molecule has 1 heterocycles. The number of rotatable bonds is 4. The molecule has 0 atom stereocenters. The van der Waals surface area contributed by atoms with Crippen molar-refractivity contribution in [2.75, 3.05) is 0 Å². The van der Waals surface area contributed by atoms with Crippen LogP contribution in [0.3, 0.4) is 0 Å². The van der Waals surface area contributed by atoms with Gasteiger partial charge in [-0.25, -0.2) is 4.98 Å². The van der Waals surface area contributed by atoms with Crippen molar-refractivity contribution in [2.45, 2.75) is 20.5 Å². The Labute approximate surface area is 104 Å². The van der Waals surface area contributed by atoms with Gasteiger partial charge in [0.1, 0.15) is 11.6 Å². The molecule has 0 radical (unpaired) electrons. The number of hydrogen-bond acceptors (Lipinski definition) is 4. The lowest BCUT2D eigenvalue weighted by atomic mass is 10.1. The number of hydrogen-bond donors (Lipinski definition) is 0. The van der Waals surface area contributed by atoms with Gasteiger partial charge in [0.15, 0.2) is 0 Å². The lowest BCUT2D eigenvalue weighted by Gasteiger charge is -2.01. The number of aryl methyl sites for hydroxylation is 2. The first-order chi connectivity index (χ1) is 8.19. The zero-order valence-corrected chi connectivity index (χ0v) is 10.6. The molecule has 0 saturated carbocycles. The van der Waals surface area contributed by atoms with Crippen molar-refractivity contribution in [1.29, 1.82) is 0 Å². The van der Waals surface area contributed by atoms with E-state index < -0.39 is 0 Å². The molecule has 17 heavy (non-hydrogen) atoms. The molecule has 0 N–H and O–H groups in total. The van der Waals surface area contributed by atoms with Gasteiger partial charge in [0.2, 0.25) is 0 Å². The van der Waals surface area contributed by atoms with E-state index in [4.69, 9.17) is 4.74 Å². The van der Waals surface area contributed by atoms with Gasteiger partial charge in [-0.05, 0) is 26.0 Å². The molecule has 2 aromatic rings. The molecule has 1 aromatic heterocycles. The minimum atomic E-state index is 0.298. The molecule has 0 fully saturated rings. The molecule has 3 nitrogen and oxygen atoms in total. The fraction of sp³-hybridized carbons (Fsp3) is 0.231. The fourth-order valence-electron chi connectivity index (χ4n) is 1.72. The van der Waals surface area contributed by atoms with E-state index in [2.05, 4.69) is 37.0 Å². The van der Waals surface area contributed by atoms with Crippen LogP contribution in [0, 0.1) is 13.8 Å². The highest BCUT2D eigenvalue weighted by atomic mass is 32.1. The molecule has 4 heteroatoms. The minimum absolute atomic E-state index is 0.298. The van der Waals surface area contributed by atoms with E-state index in [-0.39, 0.29) is 0 Å². The second-order valence-corrected chi connectivity index (χ2v) is 5.03. The summed E-state index contributed by atoms with van der Waals surface area (Å²) in [5, 5.41) is 0.960. The lowest BCUT2D eigenvalue weighted by molar-refractivity contribution is -0.129. The smallest absolute Gasteiger partial charge is 0.293 e. The van der Waals surface area contributed by atoms with Crippen LogP contribution in [0.2, 0.25) is 0 Å². The quantitative estimate of drug-likeness (QED) is 0.779. The summed E-state index contributed by atoms with van der Waals surface area (Å²) in [4.78, 5) is 15.4. The van der Waals surface area contributed by atoms with Crippen molar-refractivity contribution in [3.05, 3.63) is 40.4 Å². The maximum atomic E-state index is 10.1. The van der Waals surface area contributed by atoms with Crippen LogP contribution in [0.5, 0.6) is 0 Å². The molecule has 0 aliphatic rings. The number of carbonyl (C=O) groups excluding carboxylic acids is 1. The van der Waals surface area contributed by atoms with Crippen LogP contribution in [-0.2, 0) is 16.1 Å². The van der Waals surface area contributed by atoms with Crippen molar-refractivity contribution in [1.82, 2.24) is 4.98 Å². The number of benzene rings is 1. The predicted molar refractivity (Wildman–Crippen MR) is 67.9 cm³/mol. The first kappa shape index (κ1) is 11.8. The Hall–Kier alpha value is -1.68. The molecule has 88 valence electrons. The summed E-state index contributed by atoms with van der Waals surface area (Å²) in [5.74, 6) is 0. The Morgan fingerprint density at radius 1 is 1.29 bits per heavy atom. The zero-order chi connectivity index (χ0) is 12.3. The van der Waals surface area contributed by atoms with Gasteiger partial charge in [-0.3, -0.25) is 4.79 Å². The summed E-state index contributed by atoms with van der Waals surface area (Å²) in [7, 11) is 0. The van der Waals surface area contributed by atoms with Crippen LogP contribution in [-0.4, -0.2) is 11.5 Å². The topological polar surface area (TPSA) is 39.2 Å². The Bertz CT molecular complexity index is 514. The van der Waals surface area contributed by atoms with Crippen molar-refractivity contribution < 1.29 is 9.53 Å². The Morgan fingerprint density at radius 2 is 2.00 bits per heavy atom. The highest BCUT2D eigenvalue weighted by Crippen LogP contribution is 2.27. The van der Waals surface area contributed by atoms with Crippen molar-refractivity contribution >= 4 is 17.8 Å². The average Bonchev–Trinajstić information content (AvgIpc) is 2.73. The Balaban J connectivity index is 2.26. The molecule has 1 aromatic carbocycles. The van der Waals surface area contributed by atoms with E-state index in [1.165, 1.54) is 11.1 Å². The third kappa shape index (κ3) is 2.91. The van der Waals surface area contributed by atoms with Crippen molar-refractivity contribution in [3.63, 3.8) is 0 Å². The van der Waals surface area contributed by atoms with Gasteiger partial charge >= 0.3 is 0 Å². The molecule has 0 aliphatic heterocycles. The summed E-state index contributed by atoms with van der Waals surface area (Å²) < 4.78 is 4.71. The molecule has 0 unspecified atom stereocenters. The molecular formula is C13H13NO2S. The van der Waals surface area contributed by atoms with E-state index in [1.807, 2.05) is 0 Å². The molecule has 0 bridgehead atoms. The molecular weight excluding hydrogens is 234 g/mol. The van der Waals surface area contributed by atoms with Gasteiger partial charge in [-0.1, -0.05) is 17.2 Å². The van der Waals surface area contributed by atoms with Gasteiger partial charge in [0, 0.05) is 11.8 Å². The largest absolute Gasteiger partial charge is 0.462 e. The van der Waals surface area contributed by atoms with E-state index in [0.29, 0.717) is 13.1 Å². The Morgan fingerprint density at radius 3 is 2.65 bits per heavy atom. The summed E-state index contributed by atoms with van der Waals surface area (Å²) in [6.07, 6.45) is 1.75. The van der Waals surface area contributed by atoms with E-state index in [0.717, 1.165) is 15.4 Å². The normalized spacial score (nSPS) is 10.2. The van der Waals surface area contributed by atoms with E-state index in [1.54, 1.807) is 17.5 Å². The summed E-state index contributed by atoms with van der Waals surface area (Å²) in [5.41, 5.74) is 3.56. The second kappa shape index (κ2) is 5.10. The summed E-state index contributed by atoms with van der Waals surface area (Å²) in [6, 6.07) is 6.35. The SMILES string of the molecule is Cc1cc(C)cc(-c2ncc(COC=O)s2)c1. The maximum Gasteiger partial charge on any atom is 0.293 e. The standard InChI is InChI=1S/C13H13NO2S/c1-9-3-10(2)5-11(4-9)13-14-6-12(17-13)7-16-8-15/h3-6,8H,7H2,1-2H3. The second-order valence-electron chi connectivity index (χ2n) is 3.92. The number of nitrogens with zero attached hydrogens (tertiary/aromatic N) is 1. The summed E-state index contributed by atoms with van der Waals surface area (Å²) in [6.45, 7) is 4.89. The summed E-state index contributed by atoms with van der Waals surface area (Å²) >= 11 is 1.55. The highest BCUT2D eigenvalue weighted by Gasteiger charge is 2.06. The maximum absolute atomic E-state index is 10.1. The third-order valence-electron chi connectivity index (χ3n) is 2.32. The fourth-order valence-corrected chi connectivity index (χ4v) is 2.54. The average molecular weight is 247 g/mol. The molecule has 0 spiro atoms. The number of aromatic nitrogens is 1. The zero-order valence-electron chi connectivity index (χ0n) is 9.77. The van der Waals surface area contributed by atoms with Crippen LogP contribution < -0.4 is 0 Å². The highest BCUT2D eigenvalue weighted by molar-refractivity contribution is 7.15. The lowest BCUT2D eigenvalue weighted by Crippen LogP contribution is -1.84. The van der Waals surface area contributed by atoms with Gasteiger partial charge < -0.3 is 4.74 Å². The molecule has 0 amide bonds. The minimum Gasteiger partial charge on any atom is -0.462 e. The van der Waals surface area contributed by atoms with Crippen molar-refractivity contribution in [3.8, 4) is 10.6 Å². The van der Waals surface area contributed by atoms with Gasteiger partial charge in [-0.2, -0.15) is 0 Å². The van der Waals surface area contributed by atoms with Crippen LogP contribution in [0.1, 0.15) is 16.0 Å². The first-order valence-corrected chi connectivity index (χ1v) is 6.09. The van der Waals surface area contributed by atoms with E-state index in [9.17, 15) is 4.79 Å².